The molecular weight excluding hydrogens is 116 g/mol. The first-order valence-corrected chi connectivity index (χ1v) is 3.24. The minimum absolute atomic E-state index is 0.157. The molecule has 2 atom stereocenters. The lowest BCUT2D eigenvalue weighted by Gasteiger charge is -2.14. The third-order valence-corrected chi connectivity index (χ3v) is 1.28. The van der Waals surface area contributed by atoms with Gasteiger partial charge in [0.2, 0.25) is 0 Å². The summed E-state index contributed by atoms with van der Waals surface area (Å²) >= 11 is 0. The topological polar surface area (TPSA) is 58.3 Å². The smallest absolute Gasteiger partial charge is 0.0585 e. The molecule has 3 heteroatoms. The zero-order chi connectivity index (χ0) is 7.28. The third kappa shape index (κ3) is 4.39. The van der Waals surface area contributed by atoms with Gasteiger partial charge in [0.25, 0.3) is 0 Å². The first-order chi connectivity index (χ1) is 4.20. The van der Waals surface area contributed by atoms with Crippen LogP contribution in [0.25, 0.3) is 0 Å². The van der Waals surface area contributed by atoms with Crippen LogP contribution in [0.15, 0.2) is 0 Å². The largest absolute Gasteiger partial charge is 0.395 e. The van der Waals surface area contributed by atoms with E-state index in [0.29, 0.717) is 0 Å². The van der Waals surface area contributed by atoms with Crippen molar-refractivity contribution >= 4 is 0 Å². The lowest BCUT2D eigenvalue weighted by Crippen LogP contribution is -2.34. The molecule has 0 bridgehead atoms. The second-order valence-corrected chi connectivity index (χ2v) is 2.38. The predicted molar refractivity (Wildman–Crippen MR) is 38.2 cm³/mol. The van der Waals surface area contributed by atoms with Gasteiger partial charge in [-0.3, -0.25) is 0 Å². The molecule has 0 rings (SSSR count). The maximum Gasteiger partial charge on any atom is 0.0585 e. The molecule has 0 aliphatic heterocycles. The van der Waals surface area contributed by atoms with E-state index in [0.717, 1.165) is 6.42 Å². The SMILES string of the molecule is CNC(CO)CC(C)N. The Labute approximate surface area is 56.2 Å². The summed E-state index contributed by atoms with van der Waals surface area (Å²) in [7, 11) is 1.82. The van der Waals surface area contributed by atoms with Gasteiger partial charge >= 0.3 is 0 Å². The zero-order valence-electron chi connectivity index (χ0n) is 6.09. The van der Waals surface area contributed by atoms with Crippen molar-refractivity contribution in [1.82, 2.24) is 5.32 Å². The molecule has 0 saturated heterocycles. The van der Waals surface area contributed by atoms with E-state index in [-0.39, 0.29) is 18.7 Å². The van der Waals surface area contributed by atoms with Crippen LogP contribution >= 0.6 is 0 Å². The van der Waals surface area contributed by atoms with Crippen LogP contribution in [0.5, 0.6) is 0 Å². The molecule has 0 amide bonds. The number of likely N-dealkylation sites (N-methyl/N-ethyl adjacent to an activating group) is 1. The fourth-order valence-electron chi connectivity index (χ4n) is 0.732. The van der Waals surface area contributed by atoms with Gasteiger partial charge in [-0.25, -0.2) is 0 Å². The van der Waals surface area contributed by atoms with E-state index in [1.165, 1.54) is 0 Å². The summed E-state index contributed by atoms with van der Waals surface area (Å²) in [5.74, 6) is 0. The van der Waals surface area contributed by atoms with Gasteiger partial charge in [0.05, 0.1) is 6.61 Å². The van der Waals surface area contributed by atoms with Crippen molar-refractivity contribution in [2.45, 2.75) is 25.4 Å². The summed E-state index contributed by atoms with van der Waals surface area (Å²) in [5.41, 5.74) is 5.49. The van der Waals surface area contributed by atoms with Crippen molar-refractivity contribution < 1.29 is 5.11 Å². The summed E-state index contributed by atoms with van der Waals surface area (Å²) in [6.45, 7) is 2.10. The lowest BCUT2D eigenvalue weighted by molar-refractivity contribution is 0.237. The maximum atomic E-state index is 8.66. The second kappa shape index (κ2) is 4.73. The molecule has 0 aromatic rings. The van der Waals surface area contributed by atoms with E-state index in [9.17, 15) is 0 Å². The van der Waals surface area contributed by atoms with Crippen LogP contribution < -0.4 is 11.1 Å². The van der Waals surface area contributed by atoms with Crippen molar-refractivity contribution in [1.29, 1.82) is 0 Å². The Bertz CT molecular complexity index is 62.1. The van der Waals surface area contributed by atoms with Crippen LogP contribution in [-0.4, -0.2) is 30.8 Å². The number of aliphatic hydroxyl groups excluding tert-OH is 1. The zero-order valence-corrected chi connectivity index (χ0v) is 6.09. The molecular formula is C6H16N2O. The highest BCUT2D eigenvalue weighted by Crippen LogP contribution is 1.92. The first-order valence-electron chi connectivity index (χ1n) is 3.24. The molecule has 0 aliphatic carbocycles. The number of nitrogens with two attached hydrogens (primary N) is 1. The van der Waals surface area contributed by atoms with Crippen LogP contribution in [0.1, 0.15) is 13.3 Å². The molecule has 56 valence electrons. The van der Waals surface area contributed by atoms with Gasteiger partial charge in [-0.1, -0.05) is 0 Å². The Kier molecular flexibility index (Phi) is 4.67. The van der Waals surface area contributed by atoms with Crippen LogP contribution in [0, 0.1) is 0 Å². The highest BCUT2D eigenvalue weighted by molar-refractivity contribution is 4.67. The molecule has 9 heavy (non-hydrogen) atoms. The summed E-state index contributed by atoms with van der Waals surface area (Å²) in [6.07, 6.45) is 0.826. The number of rotatable bonds is 4. The average molecular weight is 132 g/mol. The summed E-state index contributed by atoms with van der Waals surface area (Å²) in [4.78, 5) is 0. The van der Waals surface area contributed by atoms with Crippen LogP contribution in [-0.2, 0) is 0 Å². The quantitative estimate of drug-likeness (QED) is 0.474. The van der Waals surface area contributed by atoms with Gasteiger partial charge < -0.3 is 16.2 Å². The molecule has 0 aliphatic rings. The summed E-state index contributed by atoms with van der Waals surface area (Å²) in [6, 6.07) is 0.319. The maximum absolute atomic E-state index is 8.66. The van der Waals surface area contributed by atoms with Crippen molar-refractivity contribution in [3.63, 3.8) is 0 Å². The van der Waals surface area contributed by atoms with Crippen LogP contribution in [0.4, 0.5) is 0 Å². The Hall–Kier alpha value is -0.120. The fraction of sp³-hybridized carbons (Fsp3) is 1.00. The predicted octanol–water partition coefficient (Wildman–Crippen LogP) is -0.696. The summed E-state index contributed by atoms with van der Waals surface area (Å²) < 4.78 is 0. The Morgan fingerprint density at radius 3 is 2.33 bits per heavy atom. The molecule has 0 aromatic heterocycles. The molecule has 0 radical (unpaired) electrons. The van der Waals surface area contributed by atoms with E-state index >= 15 is 0 Å². The van der Waals surface area contributed by atoms with Gasteiger partial charge in [-0.15, -0.1) is 0 Å². The van der Waals surface area contributed by atoms with E-state index < -0.39 is 0 Å². The van der Waals surface area contributed by atoms with E-state index in [2.05, 4.69) is 5.32 Å². The van der Waals surface area contributed by atoms with Gasteiger partial charge in [-0.05, 0) is 20.4 Å². The molecule has 3 nitrogen and oxygen atoms in total. The number of hydrogen-bond acceptors (Lipinski definition) is 3. The van der Waals surface area contributed by atoms with Crippen molar-refractivity contribution in [2.24, 2.45) is 5.73 Å². The Morgan fingerprint density at radius 2 is 2.22 bits per heavy atom. The normalized spacial score (nSPS) is 17.3. The van der Waals surface area contributed by atoms with Crippen LogP contribution in [0.2, 0.25) is 0 Å². The molecule has 4 N–H and O–H groups in total. The van der Waals surface area contributed by atoms with Crippen molar-refractivity contribution in [2.75, 3.05) is 13.7 Å². The monoisotopic (exact) mass is 132 g/mol. The van der Waals surface area contributed by atoms with Gasteiger partial charge in [0.1, 0.15) is 0 Å². The molecule has 0 heterocycles. The molecule has 0 saturated carbocycles. The number of aliphatic hydroxyl groups is 1. The third-order valence-electron chi connectivity index (χ3n) is 1.28. The molecule has 0 aromatic carbocycles. The number of hydrogen-bond donors (Lipinski definition) is 3. The van der Waals surface area contributed by atoms with E-state index in [1.54, 1.807) is 0 Å². The minimum atomic E-state index is 0.157. The van der Waals surface area contributed by atoms with Crippen LogP contribution in [0.3, 0.4) is 0 Å². The Balaban J connectivity index is 3.31. The second-order valence-electron chi connectivity index (χ2n) is 2.38. The van der Waals surface area contributed by atoms with Gasteiger partial charge in [0, 0.05) is 12.1 Å². The molecule has 2 unspecified atom stereocenters. The average Bonchev–Trinajstić information content (AvgIpc) is 1.82. The van der Waals surface area contributed by atoms with Gasteiger partial charge in [0.15, 0.2) is 0 Å². The lowest BCUT2D eigenvalue weighted by atomic mass is 10.1. The van der Waals surface area contributed by atoms with E-state index in [1.807, 2.05) is 14.0 Å². The highest BCUT2D eigenvalue weighted by atomic mass is 16.3. The fourth-order valence-corrected chi connectivity index (χ4v) is 0.732. The van der Waals surface area contributed by atoms with Crippen molar-refractivity contribution in [3.05, 3.63) is 0 Å². The molecule has 0 spiro atoms. The highest BCUT2D eigenvalue weighted by Gasteiger charge is 2.05. The van der Waals surface area contributed by atoms with Gasteiger partial charge in [-0.2, -0.15) is 0 Å². The number of nitrogens with one attached hydrogen (secondary N) is 1. The first kappa shape index (κ1) is 8.88. The standard InChI is InChI=1S/C6H16N2O/c1-5(7)3-6(4-9)8-2/h5-6,8-9H,3-4,7H2,1-2H3. The molecule has 0 fully saturated rings. The summed E-state index contributed by atoms with van der Waals surface area (Å²) in [5, 5.41) is 11.6. The van der Waals surface area contributed by atoms with Crippen molar-refractivity contribution in [3.8, 4) is 0 Å². The Morgan fingerprint density at radius 1 is 1.67 bits per heavy atom. The van der Waals surface area contributed by atoms with E-state index in [4.69, 9.17) is 10.8 Å². The minimum Gasteiger partial charge on any atom is -0.395 e.